The zero-order chi connectivity index (χ0) is 16.9. The van der Waals surface area contributed by atoms with E-state index in [1.54, 1.807) is 14.2 Å². The second-order valence-electron chi connectivity index (χ2n) is 6.15. The van der Waals surface area contributed by atoms with Crippen LogP contribution >= 0.6 is 0 Å². The molecule has 1 aliphatic rings. The van der Waals surface area contributed by atoms with E-state index in [-0.39, 0.29) is 0 Å². The van der Waals surface area contributed by atoms with Gasteiger partial charge in [-0.3, -0.25) is 4.90 Å². The molecule has 1 aromatic heterocycles. The van der Waals surface area contributed by atoms with Gasteiger partial charge < -0.3 is 14.8 Å². The van der Waals surface area contributed by atoms with Crippen LogP contribution in [0.4, 0.5) is 0 Å². The lowest BCUT2D eigenvalue weighted by Gasteiger charge is -2.34. The van der Waals surface area contributed by atoms with Crippen molar-refractivity contribution in [2.45, 2.75) is 19.5 Å². The monoisotopic (exact) mass is 327 g/mol. The van der Waals surface area contributed by atoms with Crippen LogP contribution in [0.5, 0.6) is 11.6 Å². The van der Waals surface area contributed by atoms with Gasteiger partial charge in [0.1, 0.15) is 0 Å². The fourth-order valence-electron chi connectivity index (χ4n) is 3.26. The van der Waals surface area contributed by atoms with Gasteiger partial charge in [0.25, 0.3) is 5.88 Å². The summed E-state index contributed by atoms with van der Waals surface area (Å²) in [5, 5.41) is 3.63. The molecule has 1 saturated heterocycles. The lowest BCUT2D eigenvalue weighted by Crippen LogP contribution is -2.45. The van der Waals surface area contributed by atoms with Gasteiger partial charge in [-0.25, -0.2) is 4.98 Å². The number of hydrogen-bond donors (Lipinski definition) is 1. The van der Waals surface area contributed by atoms with Crippen molar-refractivity contribution in [2.24, 2.45) is 0 Å². The molecule has 1 aromatic carbocycles. The Kier molecular flexibility index (Phi) is 5.33. The SMILES string of the molecule is COc1cc(CN2CCN[C@H](c3ccccc3C)C2)cnc1OC. The van der Waals surface area contributed by atoms with Crippen LogP contribution in [-0.2, 0) is 6.54 Å². The Hall–Kier alpha value is -2.11. The molecule has 1 N–H and O–H groups in total. The van der Waals surface area contributed by atoms with Gasteiger partial charge >= 0.3 is 0 Å². The number of benzene rings is 1. The predicted octanol–water partition coefficient (Wildman–Crippen LogP) is 2.55. The Labute approximate surface area is 143 Å². The molecule has 0 saturated carbocycles. The highest BCUT2D eigenvalue weighted by molar-refractivity contribution is 5.36. The minimum Gasteiger partial charge on any atom is -0.491 e. The lowest BCUT2D eigenvalue weighted by molar-refractivity contribution is 0.192. The third-order valence-electron chi connectivity index (χ3n) is 4.52. The van der Waals surface area contributed by atoms with Gasteiger partial charge in [0, 0.05) is 38.4 Å². The van der Waals surface area contributed by atoms with Crippen molar-refractivity contribution in [3.63, 3.8) is 0 Å². The zero-order valence-corrected chi connectivity index (χ0v) is 14.6. The molecule has 3 rings (SSSR count). The lowest BCUT2D eigenvalue weighted by atomic mass is 9.99. The van der Waals surface area contributed by atoms with Gasteiger partial charge in [0.15, 0.2) is 5.75 Å². The summed E-state index contributed by atoms with van der Waals surface area (Å²) in [5.74, 6) is 1.21. The second-order valence-corrected chi connectivity index (χ2v) is 6.15. The van der Waals surface area contributed by atoms with E-state index in [0.717, 1.165) is 31.7 Å². The molecule has 5 nitrogen and oxygen atoms in total. The Morgan fingerprint density at radius 2 is 2.08 bits per heavy atom. The maximum atomic E-state index is 5.35. The number of ether oxygens (including phenoxy) is 2. The first-order chi connectivity index (χ1) is 11.7. The minimum absolute atomic E-state index is 0.369. The summed E-state index contributed by atoms with van der Waals surface area (Å²) in [6.45, 7) is 6.03. The second kappa shape index (κ2) is 7.64. The third-order valence-corrected chi connectivity index (χ3v) is 4.52. The van der Waals surface area contributed by atoms with Crippen molar-refractivity contribution < 1.29 is 9.47 Å². The standard InChI is InChI=1S/C19H25N3O2/c1-14-6-4-5-7-16(14)17-13-22(9-8-20-17)12-15-10-18(23-2)19(24-3)21-11-15/h4-7,10-11,17,20H,8-9,12-13H2,1-3H3/t17-/m0/s1. The van der Waals surface area contributed by atoms with Crippen LogP contribution in [0.1, 0.15) is 22.7 Å². The Morgan fingerprint density at radius 1 is 1.25 bits per heavy atom. The minimum atomic E-state index is 0.369. The number of aromatic nitrogens is 1. The molecule has 0 radical (unpaired) electrons. The molecule has 5 heteroatoms. The van der Waals surface area contributed by atoms with E-state index in [1.807, 2.05) is 12.3 Å². The third kappa shape index (κ3) is 3.68. The van der Waals surface area contributed by atoms with Crippen molar-refractivity contribution in [2.75, 3.05) is 33.9 Å². The van der Waals surface area contributed by atoms with E-state index in [2.05, 4.69) is 46.4 Å². The number of rotatable bonds is 5. The number of hydrogen-bond acceptors (Lipinski definition) is 5. The van der Waals surface area contributed by atoms with Gasteiger partial charge in [-0.05, 0) is 29.7 Å². The summed E-state index contributed by atoms with van der Waals surface area (Å²) < 4.78 is 10.6. The van der Waals surface area contributed by atoms with Gasteiger partial charge in [0.2, 0.25) is 0 Å². The smallest absolute Gasteiger partial charge is 0.256 e. The molecule has 1 fully saturated rings. The van der Waals surface area contributed by atoms with Crippen LogP contribution < -0.4 is 14.8 Å². The van der Waals surface area contributed by atoms with Crippen LogP contribution in [0.3, 0.4) is 0 Å². The molecule has 1 aliphatic heterocycles. The highest BCUT2D eigenvalue weighted by atomic mass is 16.5. The molecule has 128 valence electrons. The number of piperazine rings is 1. The highest BCUT2D eigenvalue weighted by Crippen LogP contribution is 2.26. The number of nitrogens with zero attached hydrogens (tertiary/aromatic N) is 2. The molecule has 0 spiro atoms. The van der Waals surface area contributed by atoms with Crippen molar-refractivity contribution in [1.82, 2.24) is 15.2 Å². The van der Waals surface area contributed by atoms with Crippen LogP contribution in [-0.4, -0.2) is 43.7 Å². The van der Waals surface area contributed by atoms with Crippen LogP contribution in [0, 0.1) is 6.92 Å². The molecule has 1 atom stereocenters. The summed E-state index contributed by atoms with van der Waals surface area (Å²) >= 11 is 0. The number of pyridine rings is 1. The van der Waals surface area contributed by atoms with Gasteiger partial charge in [-0.15, -0.1) is 0 Å². The molecule has 0 amide bonds. The maximum Gasteiger partial charge on any atom is 0.256 e. The summed E-state index contributed by atoms with van der Waals surface area (Å²) in [6, 6.07) is 11.0. The molecule has 0 unspecified atom stereocenters. The molecular weight excluding hydrogens is 302 g/mol. The summed E-state index contributed by atoms with van der Waals surface area (Å²) in [6.07, 6.45) is 1.87. The molecule has 0 aliphatic carbocycles. The van der Waals surface area contributed by atoms with Crippen LogP contribution in [0.2, 0.25) is 0 Å². The molecule has 0 bridgehead atoms. The van der Waals surface area contributed by atoms with Crippen LogP contribution in [0.25, 0.3) is 0 Å². The average Bonchev–Trinajstić information content (AvgIpc) is 2.62. The van der Waals surface area contributed by atoms with Gasteiger partial charge in [-0.1, -0.05) is 24.3 Å². The fraction of sp³-hybridized carbons (Fsp3) is 0.421. The zero-order valence-electron chi connectivity index (χ0n) is 14.6. The van der Waals surface area contributed by atoms with E-state index < -0.39 is 0 Å². The van der Waals surface area contributed by atoms with Crippen molar-refractivity contribution >= 4 is 0 Å². The van der Waals surface area contributed by atoms with E-state index in [0.29, 0.717) is 17.7 Å². The highest BCUT2D eigenvalue weighted by Gasteiger charge is 2.22. The van der Waals surface area contributed by atoms with E-state index in [1.165, 1.54) is 11.1 Å². The van der Waals surface area contributed by atoms with Gasteiger partial charge in [-0.2, -0.15) is 0 Å². The van der Waals surface area contributed by atoms with Crippen molar-refractivity contribution in [3.8, 4) is 11.6 Å². The van der Waals surface area contributed by atoms with Crippen molar-refractivity contribution in [3.05, 3.63) is 53.2 Å². The number of nitrogens with one attached hydrogen (secondary N) is 1. The summed E-state index contributed by atoms with van der Waals surface area (Å²) in [5.41, 5.74) is 3.86. The van der Waals surface area contributed by atoms with Gasteiger partial charge in [0.05, 0.1) is 14.2 Å². The van der Waals surface area contributed by atoms with E-state index in [9.17, 15) is 0 Å². The molecular formula is C19H25N3O2. The molecule has 2 aromatic rings. The quantitative estimate of drug-likeness (QED) is 0.914. The largest absolute Gasteiger partial charge is 0.491 e. The Morgan fingerprint density at radius 3 is 2.83 bits per heavy atom. The molecule has 2 heterocycles. The first-order valence-corrected chi connectivity index (χ1v) is 8.29. The normalized spacial score (nSPS) is 18.4. The van der Waals surface area contributed by atoms with E-state index >= 15 is 0 Å². The fourth-order valence-corrected chi connectivity index (χ4v) is 3.26. The first-order valence-electron chi connectivity index (χ1n) is 8.29. The molecule has 24 heavy (non-hydrogen) atoms. The average molecular weight is 327 g/mol. The topological polar surface area (TPSA) is 46.6 Å². The first kappa shape index (κ1) is 16.7. The van der Waals surface area contributed by atoms with Crippen LogP contribution in [0.15, 0.2) is 36.5 Å². The predicted molar refractivity (Wildman–Crippen MR) is 94.5 cm³/mol. The number of aryl methyl sites for hydroxylation is 1. The Balaban J connectivity index is 1.71. The number of methoxy groups -OCH3 is 2. The van der Waals surface area contributed by atoms with Crippen molar-refractivity contribution in [1.29, 1.82) is 0 Å². The maximum absolute atomic E-state index is 5.35. The summed E-state index contributed by atoms with van der Waals surface area (Å²) in [4.78, 5) is 6.79. The Bertz CT molecular complexity index is 690. The summed E-state index contributed by atoms with van der Waals surface area (Å²) in [7, 11) is 3.25. The van der Waals surface area contributed by atoms with E-state index in [4.69, 9.17) is 9.47 Å².